The van der Waals surface area contributed by atoms with Gasteiger partial charge in [-0.25, -0.2) is 4.98 Å². The lowest BCUT2D eigenvalue weighted by atomic mass is 10.2. The molecule has 0 fully saturated rings. The third-order valence-corrected chi connectivity index (χ3v) is 3.29. The average Bonchev–Trinajstić information content (AvgIpc) is 2.38. The third kappa shape index (κ3) is 3.12. The molecule has 0 saturated heterocycles. The van der Waals surface area contributed by atoms with E-state index in [0.717, 1.165) is 0 Å². The Balaban J connectivity index is 2.35. The van der Waals surface area contributed by atoms with Crippen LogP contribution in [-0.2, 0) is 0 Å². The molecule has 20 heavy (non-hydrogen) atoms. The molecular formula is C12H7BrClN3O3. The van der Waals surface area contributed by atoms with Crippen LogP contribution in [0.15, 0.2) is 40.9 Å². The number of aromatic nitrogens is 1. The van der Waals surface area contributed by atoms with Gasteiger partial charge in [0.15, 0.2) is 0 Å². The van der Waals surface area contributed by atoms with Crippen LogP contribution in [0.5, 0.6) is 0 Å². The van der Waals surface area contributed by atoms with E-state index < -0.39 is 10.8 Å². The maximum Gasteiger partial charge on any atom is 0.311 e. The topological polar surface area (TPSA) is 85.1 Å². The van der Waals surface area contributed by atoms with Gasteiger partial charge in [0.1, 0.15) is 5.15 Å². The largest absolute Gasteiger partial charge is 0.311 e. The van der Waals surface area contributed by atoms with Crippen LogP contribution < -0.4 is 5.32 Å². The number of nitro groups is 1. The lowest BCUT2D eigenvalue weighted by Crippen LogP contribution is -2.14. The number of nitrogens with zero attached hydrogens (tertiary/aromatic N) is 2. The fourth-order valence-electron chi connectivity index (χ4n) is 1.49. The van der Waals surface area contributed by atoms with Gasteiger partial charge in [-0.1, -0.05) is 23.7 Å². The van der Waals surface area contributed by atoms with Gasteiger partial charge >= 0.3 is 5.69 Å². The Morgan fingerprint density at radius 2 is 2.00 bits per heavy atom. The summed E-state index contributed by atoms with van der Waals surface area (Å²) >= 11 is 8.92. The molecule has 102 valence electrons. The van der Waals surface area contributed by atoms with E-state index in [1.807, 2.05) is 0 Å². The first-order chi connectivity index (χ1) is 9.49. The van der Waals surface area contributed by atoms with Crippen molar-refractivity contribution in [1.82, 2.24) is 4.98 Å². The number of rotatable bonds is 3. The summed E-state index contributed by atoms with van der Waals surface area (Å²) in [6.07, 6.45) is 0. The highest BCUT2D eigenvalue weighted by atomic mass is 79.9. The fourth-order valence-corrected chi connectivity index (χ4v) is 2.10. The number of anilines is 1. The molecule has 0 saturated carbocycles. The van der Waals surface area contributed by atoms with E-state index in [4.69, 9.17) is 11.6 Å². The lowest BCUT2D eigenvalue weighted by Gasteiger charge is -2.06. The van der Waals surface area contributed by atoms with Gasteiger partial charge in [0.05, 0.1) is 10.5 Å². The van der Waals surface area contributed by atoms with Crippen LogP contribution in [0.1, 0.15) is 10.4 Å². The van der Waals surface area contributed by atoms with E-state index in [0.29, 0.717) is 10.0 Å². The summed E-state index contributed by atoms with van der Waals surface area (Å²) in [5, 5.41) is 13.3. The van der Waals surface area contributed by atoms with Crippen molar-refractivity contribution in [2.45, 2.75) is 0 Å². The van der Waals surface area contributed by atoms with E-state index in [2.05, 4.69) is 26.2 Å². The zero-order chi connectivity index (χ0) is 14.7. The van der Waals surface area contributed by atoms with Crippen molar-refractivity contribution in [2.75, 3.05) is 5.32 Å². The van der Waals surface area contributed by atoms with E-state index >= 15 is 0 Å². The van der Waals surface area contributed by atoms with Crippen molar-refractivity contribution in [3.63, 3.8) is 0 Å². The number of hydrogen-bond donors (Lipinski definition) is 1. The molecule has 0 aliphatic heterocycles. The highest BCUT2D eigenvalue weighted by Gasteiger charge is 2.19. The van der Waals surface area contributed by atoms with Gasteiger partial charge in [-0.05, 0) is 34.1 Å². The van der Waals surface area contributed by atoms with Crippen LogP contribution in [0.3, 0.4) is 0 Å². The SMILES string of the molecule is O=C(Nc1nc(Cl)ccc1[N+](=O)[O-])c1ccccc1Br. The number of benzene rings is 1. The monoisotopic (exact) mass is 355 g/mol. The Bertz CT molecular complexity index is 693. The maximum atomic E-state index is 12.1. The highest BCUT2D eigenvalue weighted by molar-refractivity contribution is 9.10. The number of nitrogens with one attached hydrogen (secondary N) is 1. The zero-order valence-corrected chi connectivity index (χ0v) is 12.2. The summed E-state index contributed by atoms with van der Waals surface area (Å²) in [6.45, 7) is 0. The summed E-state index contributed by atoms with van der Waals surface area (Å²) in [6, 6.07) is 9.17. The molecule has 0 bridgehead atoms. The average molecular weight is 357 g/mol. The van der Waals surface area contributed by atoms with Crippen LogP contribution in [-0.4, -0.2) is 15.8 Å². The Hall–Kier alpha value is -1.99. The lowest BCUT2D eigenvalue weighted by molar-refractivity contribution is -0.384. The number of halogens is 2. The Labute approximate surface area is 127 Å². The molecule has 2 aromatic rings. The number of carbonyl (C=O) groups excluding carboxylic acids is 1. The first-order valence-corrected chi connectivity index (χ1v) is 6.53. The van der Waals surface area contributed by atoms with Crippen LogP contribution in [0.25, 0.3) is 0 Å². The summed E-state index contributed by atoms with van der Waals surface area (Å²) in [5.41, 5.74) is 0.0124. The normalized spacial score (nSPS) is 10.1. The molecule has 6 nitrogen and oxygen atoms in total. The van der Waals surface area contributed by atoms with Crippen molar-refractivity contribution in [2.24, 2.45) is 0 Å². The molecule has 0 radical (unpaired) electrons. The van der Waals surface area contributed by atoms with Crippen LogP contribution in [0, 0.1) is 10.1 Å². The van der Waals surface area contributed by atoms with Crippen molar-refractivity contribution in [3.8, 4) is 0 Å². The van der Waals surface area contributed by atoms with Crippen LogP contribution in [0.4, 0.5) is 11.5 Å². The number of amides is 1. The zero-order valence-electron chi connectivity index (χ0n) is 9.84. The summed E-state index contributed by atoms with van der Waals surface area (Å²) in [7, 11) is 0. The predicted octanol–water partition coefficient (Wildman–Crippen LogP) is 3.66. The van der Waals surface area contributed by atoms with Crippen molar-refractivity contribution >= 4 is 44.9 Å². The number of pyridine rings is 1. The van der Waals surface area contributed by atoms with Gasteiger partial charge in [-0.3, -0.25) is 14.9 Å². The second kappa shape index (κ2) is 5.98. The fraction of sp³-hybridized carbons (Fsp3) is 0. The molecule has 2 rings (SSSR count). The van der Waals surface area contributed by atoms with E-state index in [9.17, 15) is 14.9 Å². The minimum absolute atomic E-state index is 0.0537. The summed E-state index contributed by atoms with van der Waals surface area (Å²) in [4.78, 5) is 26.1. The van der Waals surface area contributed by atoms with Gasteiger partial charge < -0.3 is 5.32 Å². The summed E-state index contributed by atoms with van der Waals surface area (Å²) < 4.78 is 0.571. The van der Waals surface area contributed by atoms with Crippen LogP contribution >= 0.6 is 27.5 Å². The van der Waals surface area contributed by atoms with Gasteiger partial charge in [0, 0.05) is 10.5 Å². The van der Waals surface area contributed by atoms with Crippen molar-refractivity contribution in [3.05, 3.63) is 61.7 Å². The second-order valence-electron chi connectivity index (χ2n) is 3.69. The molecule has 1 N–H and O–H groups in total. The third-order valence-electron chi connectivity index (χ3n) is 2.39. The molecule has 0 unspecified atom stereocenters. The maximum absolute atomic E-state index is 12.1. The Morgan fingerprint density at radius 3 is 2.65 bits per heavy atom. The molecule has 8 heteroatoms. The van der Waals surface area contributed by atoms with Crippen molar-refractivity contribution < 1.29 is 9.72 Å². The van der Waals surface area contributed by atoms with Gasteiger partial charge in [0.25, 0.3) is 5.91 Å². The van der Waals surface area contributed by atoms with E-state index in [1.54, 1.807) is 24.3 Å². The number of hydrogen-bond acceptors (Lipinski definition) is 4. The van der Waals surface area contributed by atoms with E-state index in [-0.39, 0.29) is 16.7 Å². The molecular weight excluding hydrogens is 350 g/mol. The first-order valence-electron chi connectivity index (χ1n) is 5.36. The molecule has 1 aromatic carbocycles. The number of carbonyl (C=O) groups is 1. The molecule has 1 aromatic heterocycles. The predicted molar refractivity (Wildman–Crippen MR) is 78.0 cm³/mol. The highest BCUT2D eigenvalue weighted by Crippen LogP contribution is 2.25. The Kier molecular flexibility index (Phi) is 4.31. The molecule has 1 amide bonds. The second-order valence-corrected chi connectivity index (χ2v) is 4.93. The first kappa shape index (κ1) is 14.4. The van der Waals surface area contributed by atoms with Gasteiger partial charge in [-0.2, -0.15) is 0 Å². The van der Waals surface area contributed by atoms with E-state index in [1.165, 1.54) is 12.1 Å². The quantitative estimate of drug-likeness (QED) is 0.516. The minimum atomic E-state index is -0.640. The van der Waals surface area contributed by atoms with Gasteiger partial charge in [0.2, 0.25) is 5.82 Å². The van der Waals surface area contributed by atoms with Gasteiger partial charge in [-0.15, -0.1) is 0 Å². The smallest absolute Gasteiger partial charge is 0.301 e. The molecule has 0 atom stereocenters. The Morgan fingerprint density at radius 1 is 1.30 bits per heavy atom. The summed E-state index contributed by atoms with van der Waals surface area (Å²) in [5.74, 6) is -0.710. The van der Waals surface area contributed by atoms with Crippen LogP contribution in [0.2, 0.25) is 5.15 Å². The van der Waals surface area contributed by atoms with Crippen molar-refractivity contribution in [1.29, 1.82) is 0 Å². The molecule has 0 aliphatic carbocycles. The minimum Gasteiger partial charge on any atom is -0.301 e. The molecule has 0 spiro atoms. The molecule has 0 aliphatic rings. The standard InChI is InChI=1S/C12H7BrClN3O3/c13-8-4-2-1-3-7(8)12(18)16-11-9(17(19)20)5-6-10(14)15-11/h1-6H,(H,15,16,18). The molecule has 1 heterocycles.